The summed E-state index contributed by atoms with van der Waals surface area (Å²) in [5, 5.41) is 3.04. The first-order valence-electron chi connectivity index (χ1n) is 11.1. The number of rotatable bonds is 7. The Balaban J connectivity index is 1.41. The molecule has 1 N–H and O–H groups in total. The van der Waals surface area contributed by atoms with Crippen molar-refractivity contribution in [3.63, 3.8) is 0 Å². The molecule has 1 aliphatic carbocycles. The van der Waals surface area contributed by atoms with Crippen molar-refractivity contribution in [2.45, 2.75) is 38.3 Å². The molecule has 1 aromatic heterocycles. The zero-order chi connectivity index (χ0) is 21.6. The summed E-state index contributed by atoms with van der Waals surface area (Å²) in [6.45, 7) is 4.33. The topological polar surface area (TPSA) is 66.9 Å². The standard InChI is InChI=1S/C24H32N4O3/c1-27-12-14-28(15-13-27)23-19(6-5-11-25-23)17-26-24(29)18-9-10-21(22(16-18)30-2)31-20-7-3-4-8-20/h5-6,9-11,16,20H,3-4,7-8,12-15,17H2,1-2H3,(H,26,29). The number of likely N-dealkylation sites (N-methyl/N-ethyl adjacent to an activating group) is 1. The largest absolute Gasteiger partial charge is 0.493 e. The van der Waals surface area contributed by atoms with E-state index < -0.39 is 0 Å². The summed E-state index contributed by atoms with van der Waals surface area (Å²) >= 11 is 0. The highest BCUT2D eigenvalue weighted by atomic mass is 16.5. The Hall–Kier alpha value is -2.80. The van der Waals surface area contributed by atoms with E-state index in [-0.39, 0.29) is 12.0 Å². The lowest BCUT2D eigenvalue weighted by atomic mass is 10.1. The van der Waals surface area contributed by atoms with Crippen molar-refractivity contribution >= 4 is 11.7 Å². The zero-order valence-corrected chi connectivity index (χ0v) is 18.5. The number of pyridine rings is 1. The fourth-order valence-electron chi connectivity index (χ4n) is 4.24. The van der Waals surface area contributed by atoms with E-state index >= 15 is 0 Å². The molecule has 7 heteroatoms. The van der Waals surface area contributed by atoms with Gasteiger partial charge >= 0.3 is 0 Å². The maximum atomic E-state index is 12.8. The molecular weight excluding hydrogens is 392 g/mol. The van der Waals surface area contributed by atoms with Gasteiger partial charge in [-0.25, -0.2) is 4.98 Å². The van der Waals surface area contributed by atoms with Gasteiger partial charge in [0.1, 0.15) is 5.82 Å². The lowest BCUT2D eigenvalue weighted by molar-refractivity contribution is 0.0950. The highest BCUT2D eigenvalue weighted by Gasteiger charge is 2.20. The minimum atomic E-state index is -0.140. The van der Waals surface area contributed by atoms with Gasteiger partial charge in [0.15, 0.2) is 11.5 Å². The molecule has 2 aliphatic rings. The van der Waals surface area contributed by atoms with Crippen LogP contribution in [-0.2, 0) is 6.54 Å². The maximum Gasteiger partial charge on any atom is 0.251 e. The molecule has 1 aliphatic heterocycles. The molecule has 4 rings (SSSR count). The van der Waals surface area contributed by atoms with Crippen molar-refractivity contribution in [1.29, 1.82) is 0 Å². The molecule has 0 unspecified atom stereocenters. The van der Waals surface area contributed by atoms with Crippen LogP contribution in [0.1, 0.15) is 41.6 Å². The average Bonchev–Trinajstić information content (AvgIpc) is 3.31. The third-order valence-electron chi connectivity index (χ3n) is 6.13. The third-order valence-corrected chi connectivity index (χ3v) is 6.13. The highest BCUT2D eigenvalue weighted by molar-refractivity contribution is 5.94. The number of ether oxygens (including phenoxy) is 2. The van der Waals surface area contributed by atoms with Crippen LogP contribution in [0, 0.1) is 0 Å². The average molecular weight is 425 g/mol. The van der Waals surface area contributed by atoms with Gasteiger partial charge in [0.2, 0.25) is 0 Å². The normalized spacial score (nSPS) is 17.5. The second-order valence-corrected chi connectivity index (χ2v) is 8.35. The van der Waals surface area contributed by atoms with E-state index in [2.05, 4.69) is 27.1 Å². The van der Waals surface area contributed by atoms with Crippen molar-refractivity contribution in [3.8, 4) is 11.5 Å². The summed E-state index contributed by atoms with van der Waals surface area (Å²) < 4.78 is 11.6. The Kier molecular flexibility index (Phi) is 6.92. The fourth-order valence-corrected chi connectivity index (χ4v) is 4.24. The molecule has 2 fully saturated rings. The lowest BCUT2D eigenvalue weighted by Gasteiger charge is -2.34. The molecule has 1 amide bonds. The van der Waals surface area contributed by atoms with Crippen LogP contribution in [0.5, 0.6) is 11.5 Å². The summed E-state index contributed by atoms with van der Waals surface area (Å²) in [6, 6.07) is 9.34. The molecule has 1 aromatic carbocycles. The number of amides is 1. The van der Waals surface area contributed by atoms with Gasteiger partial charge in [0.25, 0.3) is 5.91 Å². The van der Waals surface area contributed by atoms with Crippen LogP contribution in [0.4, 0.5) is 5.82 Å². The molecular formula is C24H32N4O3. The molecule has 2 aromatic rings. The maximum absolute atomic E-state index is 12.8. The first-order valence-corrected chi connectivity index (χ1v) is 11.1. The SMILES string of the molecule is COc1cc(C(=O)NCc2cccnc2N2CCN(C)CC2)ccc1OC1CCCC1. The summed E-state index contributed by atoms with van der Waals surface area (Å²) in [6.07, 6.45) is 6.62. The number of anilines is 1. The van der Waals surface area contributed by atoms with Gasteiger partial charge in [-0.2, -0.15) is 0 Å². The van der Waals surface area contributed by atoms with E-state index in [9.17, 15) is 4.79 Å². The van der Waals surface area contributed by atoms with E-state index in [1.165, 1.54) is 12.8 Å². The number of methoxy groups -OCH3 is 1. The Labute approximate surface area is 184 Å². The van der Waals surface area contributed by atoms with Crippen LogP contribution in [0.3, 0.4) is 0 Å². The number of aromatic nitrogens is 1. The molecule has 166 valence electrons. The molecule has 1 saturated carbocycles. The van der Waals surface area contributed by atoms with Gasteiger partial charge < -0.3 is 24.6 Å². The van der Waals surface area contributed by atoms with Gasteiger partial charge in [-0.05, 0) is 57.0 Å². The number of nitrogens with zero attached hydrogens (tertiary/aromatic N) is 3. The molecule has 0 atom stereocenters. The minimum absolute atomic E-state index is 0.140. The number of benzene rings is 1. The van der Waals surface area contributed by atoms with Crippen LogP contribution < -0.4 is 19.7 Å². The van der Waals surface area contributed by atoms with Crippen molar-refractivity contribution < 1.29 is 14.3 Å². The Morgan fingerprint density at radius 3 is 2.65 bits per heavy atom. The smallest absolute Gasteiger partial charge is 0.251 e. The second-order valence-electron chi connectivity index (χ2n) is 8.35. The Bertz CT molecular complexity index is 890. The quantitative estimate of drug-likeness (QED) is 0.737. The number of hydrogen-bond acceptors (Lipinski definition) is 6. The van der Waals surface area contributed by atoms with E-state index in [1.54, 1.807) is 19.2 Å². The summed E-state index contributed by atoms with van der Waals surface area (Å²) in [4.78, 5) is 22.0. The Morgan fingerprint density at radius 1 is 1.13 bits per heavy atom. The van der Waals surface area contributed by atoms with E-state index in [4.69, 9.17) is 9.47 Å². The minimum Gasteiger partial charge on any atom is -0.493 e. The lowest BCUT2D eigenvalue weighted by Crippen LogP contribution is -2.45. The zero-order valence-electron chi connectivity index (χ0n) is 18.5. The van der Waals surface area contributed by atoms with Gasteiger partial charge in [0, 0.05) is 50.0 Å². The van der Waals surface area contributed by atoms with E-state index in [1.807, 2.05) is 24.4 Å². The number of piperazine rings is 1. The van der Waals surface area contributed by atoms with E-state index in [0.29, 0.717) is 23.6 Å². The summed E-state index contributed by atoms with van der Waals surface area (Å²) in [5.41, 5.74) is 1.58. The molecule has 0 radical (unpaired) electrons. The predicted molar refractivity (Wildman–Crippen MR) is 121 cm³/mol. The van der Waals surface area contributed by atoms with Crippen LogP contribution in [0.15, 0.2) is 36.5 Å². The first-order chi connectivity index (χ1) is 15.1. The summed E-state index contributed by atoms with van der Waals surface area (Å²) in [5.74, 6) is 2.11. The first kappa shape index (κ1) is 21.4. The fraction of sp³-hybridized carbons (Fsp3) is 0.500. The number of carbonyl (C=O) groups is 1. The second kappa shape index (κ2) is 10.0. The van der Waals surface area contributed by atoms with Crippen LogP contribution in [0.25, 0.3) is 0 Å². The molecule has 0 spiro atoms. The van der Waals surface area contributed by atoms with Gasteiger partial charge in [-0.3, -0.25) is 4.79 Å². The molecule has 1 saturated heterocycles. The van der Waals surface area contributed by atoms with Gasteiger partial charge in [0.05, 0.1) is 13.2 Å². The summed E-state index contributed by atoms with van der Waals surface area (Å²) in [7, 11) is 3.74. The van der Waals surface area contributed by atoms with Crippen molar-refractivity contribution in [2.75, 3.05) is 45.2 Å². The van der Waals surface area contributed by atoms with Crippen LogP contribution in [0.2, 0.25) is 0 Å². The molecule has 31 heavy (non-hydrogen) atoms. The predicted octanol–water partition coefficient (Wildman–Crippen LogP) is 3.09. The van der Waals surface area contributed by atoms with Crippen LogP contribution >= 0.6 is 0 Å². The van der Waals surface area contributed by atoms with Crippen molar-refractivity contribution in [3.05, 3.63) is 47.7 Å². The highest BCUT2D eigenvalue weighted by Crippen LogP contribution is 2.32. The van der Waals surface area contributed by atoms with Gasteiger partial charge in [-0.15, -0.1) is 0 Å². The Morgan fingerprint density at radius 2 is 1.90 bits per heavy atom. The molecule has 0 bridgehead atoms. The monoisotopic (exact) mass is 424 g/mol. The third kappa shape index (κ3) is 5.28. The molecule has 7 nitrogen and oxygen atoms in total. The van der Waals surface area contributed by atoms with Crippen molar-refractivity contribution in [1.82, 2.24) is 15.2 Å². The van der Waals surface area contributed by atoms with E-state index in [0.717, 1.165) is 50.4 Å². The number of nitrogens with one attached hydrogen (secondary N) is 1. The van der Waals surface area contributed by atoms with Crippen LogP contribution in [-0.4, -0.2) is 62.2 Å². The van der Waals surface area contributed by atoms with Gasteiger partial charge in [-0.1, -0.05) is 6.07 Å². The number of carbonyl (C=O) groups excluding carboxylic acids is 1. The number of hydrogen-bond donors (Lipinski definition) is 1. The van der Waals surface area contributed by atoms with Crippen molar-refractivity contribution in [2.24, 2.45) is 0 Å². The molecule has 2 heterocycles.